The number of nitrogens with zero attached hydrogens (tertiary/aromatic N) is 2. The molecule has 2 amide bonds. The van der Waals surface area contributed by atoms with Gasteiger partial charge in [0, 0.05) is 25.9 Å². The van der Waals surface area contributed by atoms with Gasteiger partial charge in [-0.05, 0) is 24.0 Å². The van der Waals surface area contributed by atoms with E-state index in [2.05, 4.69) is 0 Å². The smallest absolute Gasteiger partial charge is 0.328 e. The Morgan fingerprint density at radius 2 is 1.96 bits per heavy atom. The molecule has 0 aromatic heterocycles. The highest BCUT2D eigenvalue weighted by Crippen LogP contribution is 2.24. The largest absolute Gasteiger partial charge is 0.467 e. The molecule has 3 rings (SSSR count). The quantitative estimate of drug-likeness (QED) is 0.779. The molecule has 6 nitrogen and oxygen atoms in total. The fraction of sp³-hybridized carbons (Fsp3) is 0.500. The van der Waals surface area contributed by atoms with Crippen LogP contribution in [0, 0.1) is 0 Å². The van der Waals surface area contributed by atoms with E-state index in [1.54, 1.807) is 9.80 Å². The lowest BCUT2D eigenvalue weighted by molar-refractivity contribution is -0.155. The van der Waals surface area contributed by atoms with Crippen molar-refractivity contribution in [2.45, 2.75) is 38.3 Å². The van der Waals surface area contributed by atoms with E-state index in [1.165, 1.54) is 7.11 Å². The Morgan fingerprint density at radius 3 is 2.67 bits per heavy atom. The summed E-state index contributed by atoms with van der Waals surface area (Å²) < 4.78 is 4.88. The minimum Gasteiger partial charge on any atom is -0.467 e. The molecule has 1 fully saturated rings. The number of carbonyl (C=O) groups is 3. The van der Waals surface area contributed by atoms with Crippen LogP contribution in [0.2, 0.25) is 0 Å². The summed E-state index contributed by atoms with van der Waals surface area (Å²) in [4.78, 5) is 40.0. The molecule has 2 heterocycles. The van der Waals surface area contributed by atoms with E-state index in [1.807, 2.05) is 24.3 Å². The Balaban J connectivity index is 1.79. The third kappa shape index (κ3) is 3.27. The van der Waals surface area contributed by atoms with E-state index < -0.39 is 12.0 Å². The molecular formula is C18H22N2O4. The average Bonchev–Trinajstić information content (AvgIpc) is 2.61. The number of methoxy groups -OCH3 is 1. The lowest BCUT2D eigenvalue weighted by Crippen LogP contribution is -2.53. The minimum atomic E-state index is -0.628. The van der Waals surface area contributed by atoms with Crippen molar-refractivity contribution in [3.63, 3.8) is 0 Å². The van der Waals surface area contributed by atoms with Crippen molar-refractivity contribution in [3.05, 3.63) is 35.4 Å². The van der Waals surface area contributed by atoms with Crippen LogP contribution in [0.1, 0.15) is 30.4 Å². The van der Waals surface area contributed by atoms with Crippen LogP contribution < -0.4 is 0 Å². The van der Waals surface area contributed by atoms with Gasteiger partial charge >= 0.3 is 5.97 Å². The molecule has 1 aromatic rings. The number of carbonyl (C=O) groups excluding carboxylic acids is 3. The van der Waals surface area contributed by atoms with Gasteiger partial charge in [-0.2, -0.15) is 0 Å². The van der Waals surface area contributed by atoms with Crippen LogP contribution in [0.15, 0.2) is 24.3 Å². The molecule has 0 aliphatic carbocycles. The first kappa shape index (κ1) is 16.5. The number of rotatable bonds is 3. The molecular weight excluding hydrogens is 308 g/mol. The zero-order chi connectivity index (χ0) is 17.1. The van der Waals surface area contributed by atoms with Gasteiger partial charge in [-0.15, -0.1) is 0 Å². The highest BCUT2D eigenvalue weighted by molar-refractivity contribution is 5.89. The van der Waals surface area contributed by atoms with E-state index in [0.29, 0.717) is 25.9 Å². The number of fused-ring (bicyclic) bond motifs is 1. The number of benzene rings is 1. The second kappa shape index (κ2) is 7.03. The molecule has 0 spiro atoms. The second-order valence-corrected chi connectivity index (χ2v) is 6.31. The second-order valence-electron chi connectivity index (χ2n) is 6.31. The van der Waals surface area contributed by atoms with Gasteiger partial charge in [0.2, 0.25) is 11.8 Å². The van der Waals surface area contributed by atoms with Crippen molar-refractivity contribution in [1.82, 2.24) is 9.80 Å². The lowest BCUT2D eigenvalue weighted by Gasteiger charge is -2.37. The third-order valence-corrected chi connectivity index (χ3v) is 4.79. The van der Waals surface area contributed by atoms with Crippen LogP contribution in [-0.4, -0.2) is 53.8 Å². The van der Waals surface area contributed by atoms with Crippen molar-refractivity contribution < 1.29 is 19.1 Å². The predicted octanol–water partition coefficient (Wildman–Crippen LogP) is 1.13. The fourth-order valence-corrected chi connectivity index (χ4v) is 3.41. The molecule has 6 heteroatoms. The zero-order valence-electron chi connectivity index (χ0n) is 13.9. The molecule has 2 aliphatic rings. The van der Waals surface area contributed by atoms with Gasteiger partial charge in [0.25, 0.3) is 0 Å². The summed E-state index contributed by atoms with van der Waals surface area (Å²) in [5.41, 5.74) is 2.10. The summed E-state index contributed by atoms with van der Waals surface area (Å²) in [5.74, 6) is -0.598. The Labute approximate surface area is 141 Å². The average molecular weight is 330 g/mol. The van der Waals surface area contributed by atoms with Crippen LogP contribution in [0.3, 0.4) is 0 Å². The standard InChI is InChI=1S/C18H22N2O4/c1-24-18(23)15-10-13-6-2-3-7-14(13)11-20(15)17(22)12-19-9-5-4-8-16(19)21/h2-3,6-7,15H,4-5,8-12H2,1H3. The van der Waals surface area contributed by atoms with Crippen molar-refractivity contribution in [1.29, 1.82) is 0 Å². The fourth-order valence-electron chi connectivity index (χ4n) is 3.41. The van der Waals surface area contributed by atoms with Gasteiger partial charge in [0.1, 0.15) is 6.04 Å². The zero-order valence-corrected chi connectivity index (χ0v) is 13.9. The van der Waals surface area contributed by atoms with E-state index in [4.69, 9.17) is 4.74 Å². The SMILES string of the molecule is COC(=O)C1Cc2ccccc2CN1C(=O)CN1CCCCC1=O. The van der Waals surface area contributed by atoms with E-state index >= 15 is 0 Å². The van der Waals surface area contributed by atoms with Gasteiger partial charge in [-0.1, -0.05) is 24.3 Å². The number of esters is 1. The van der Waals surface area contributed by atoms with Crippen LogP contribution in [0.4, 0.5) is 0 Å². The Bertz CT molecular complexity index is 658. The minimum absolute atomic E-state index is 0.0154. The van der Waals surface area contributed by atoms with Crippen LogP contribution in [0.25, 0.3) is 0 Å². The number of ether oxygens (including phenoxy) is 1. The van der Waals surface area contributed by atoms with Crippen molar-refractivity contribution in [2.24, 2.45) is 0 Å². The molecule has 0 radical (unpaired) electrons. The Kier molecular flexibility index (Phi) is 4.83. The summed E-state index contributed by atoms with van der Waals surface area (Å²) in [6.45, 7) is 1.02. The van der Waals surface area contributed by atoms with E-state index in [0.717, 1.165) is 24.0 Å². The normalized spacial score (nSPS) is 20.5. The maximum absolute atomic E-state index is 12.8. The number of likely N-dealkylation sites (tertiary alicyclic amines) is 1. The van der Waals surface area contributed by atoms with Gasteiger partial charge in [-0.25, -0.2) is 4.79 Å². The number of piperidine rings is 1. The van der Waals surface area contributed by atoms with Crippen LogP contribution in [0.5, 0.6) is 0 Å². The first-order valence-corrected chi connectivity index (χ1v) is 8.32. The maximum atomic E-state index is 12.8. The molecule has 0 saturated carbocycles. The first-order chi connectivity index (χ1) is 11.6. The van der Waals surface area contributed by atoms with Crippen molar-refractivity contribution in [2.75, 3.05) is 20.2 Å². The predicted molar refractivity (Wildman–Crippen MR) is 86.9 cm³/mol. The highest BCUT2D eigenvalue weighted by Gasteiger charge is 2.36. The van der Waals surface area contributed by atoms with Gasteiger partial charge < -0.3 is 14.5 Å². The van der Waals surface area contributed by atoms with Gasteiger partial charge in [0.05, 0.1) is 13.7 Å². The Morgan fingerprint density at radius 1 is 1.21 bits per heavy atom. The van der Waals surface area contributed by atoms with E-state index in [9.17, 15) is 14.4 Å². The molecule has 1 unspecified atom stereocenters. The molecule has 128 valence electrons. The number of hydrogen-bond acceptors (Lipinski definition) is 4. The summed E-state index contributed by atoms with van der Waals surface area (Å²) in [5, 5.41) is 0. The molecule has 1 atom stereocenters. The first-order valence-electron chi connectivity index (χ1n) is 8.32. The summed E-state index contributed by atoms with van der Waals surface area (Å²) >= 11 is 0. The molecule has 1 aromatic carbocycles. The monoisotopic (exact) mass is 330 g/mol. The Hall–Kier alpha value is -2.37. The molecule has 24 heavy (non-hydrogen) atoms. The van der Waals surface area contributed by atoms with Crippen molar-refractivity contribution in [3.8, 4) is 0 Å². The highest BCUT2D eigenvalue weighted by atomic mass is 16.5. The summed E-state index contributed by atoms with van der Waals surface area (Å²) in [6, 6.07) is 7.17. The molecule has 0 N–H and O–H groups in total. The topological polar surface area (TPSA) is 66.9 Å². The lowest BCUT2D eigenvalue weighted by atomic mass is 9.94. The van der Waals surface area contributed by atoms with Crippen molar-refractivity contribution >= 4 is 17.8 Å². The molecule has 1 saturated heterocycles. The third-order valence-electron chi connectivity index (χ3n) is 4.79. The van der Waals surface area contributed by atoms with Gasteiger partial charge in [-0.3, -0.25) is 9.59 Å². The number of amides is 2. The van der Waals surface area contributed by atoms with Gasteiger partial charge in [0.15, 0.2) is 0 Å². The van der Waals surface area contributed by atoms with Crippen LogP contribution >= 0.6 is 0 Å². The number of hydrogen-bond donors (Lipinski definition) is 0. The molecule has 0 bridgehead atoms. The van der Waals surface area contributed by atoms with Crippen LogP contribution in [-0.2, 0) is 32.1 Å². The summed E-state index contributed by atoms with van der Waals surface area (Å²) in [7, 11) is 1.33. The van der Waals surface area contributed by atoms with E-state index in [-0.39, 0.29) is 18.4 Å². The molecule has 2 aliphatic heterocycles. The maximum Gasteiger partial charge on any atom is 0.328 e. The summed E-state index contributed by atoms with van der Waals surface area (Å²) in [6.07, 6.45) is 2.74.